The molecule has 2 aliphatic carbocycles. The summed E-state index contributed by atoms with van der Waals surface area (Å²) in [5.74, 6) is 0.993. The first kappa shape index (κ1) is 16.2. The topological polar surface area (TPSA) is 89.3 Å². The molecule has 7 nitrogen and oxygen atoms in total. The molecule has 2 saturated carbocycles. The molecule has 1 spiro atoms. The van der Waals surface area contributed by atoms with E-state index in [0.29, 0.717) is 11.7 Å². The summed E-state index contributed by atoms with van der Waals surface area (Å²) in [6, 6.07) is 0.0312. The Morgan fingerprint density at radius 3 is 2.83 bits per heavy atom. The molecule has 2 N–H and O–H groups in total. The molecular weight excluding hydrogens is 296 g/mol. The molecule has 0 saturated heterocycles. The van der Waals surface area contributed by atoms with Gasteiger partial charge in [0, 0.05) is 25.0 Å². The van der Waals surface area contributed by atoms with Crippen LogP contribution in [0.25, 0.3) is 0 Å². The van der Waals surface area contributed by atoms with Crippen LogP contribution in [0, 0.1) is 12.3 Å². The molecule has 7 heteroatoms. The molecule has 0 aliphatic heterocycles. The number of amides is 2. The molecule has 128 valence electrons. The first-order valence-corrected chi connectivity index (χ1v) is 8.59. The van der Waals surface area contributed by atoms with Gasteiger partial charge in [0.25, 0.3) is 0 Å². The number of nitrogens with zero attached hydrogens (tertiary/aromatic N) is 2. The van der Waals surface area contributed by atoms with Crippen LogP contribution in [-0.2, 0) is 11.3 Å². The number of carbonyl (C=O) groups excluding carboxylic acids is 1. The fourth-order valence-electron chi connectivity index (χ4n) is 4.05. The lowest BCUT2D eigenvalue weighted by Crippen LogP contribution is -2.66. The SMILES string of the molecule is CCO[C@@H]1C[C@@H](NC(=O)NCc2noc(C)n2)C12CCCCC2. The molecule has 23 heavy (non-hydrogen) atoms. The van der Waals surface area contributed by atoms with Gasteiger partial charge in [-0.15, -0.1) is 0 Å². The van der Waals surface area contributed by atoms with E-state index in [0.717, 1.165) is 25.9 Å². The Labute approximate surface area is 136 Å². The normalized spacial score (nSPS) is 25.8. The second kappa shape index (κ2) is 6.86. The second-order valence-electron chi connectivity index (χ2n) is 6.58. The minimum Gasteiger partial charge on any atom is -0.378 e. The van der Waals surface area contributed by atoms with Crippen LogP contribution in [0.5, 0.6) is 0 Å². The number of hydrogen-bond acceptors (Lipinski definition) is 5. The molecule has 0 unspecified atom stereocenters. The molecule has 1 heterocycles. The van der Waals surface area contributed by atoms with Crippen LogP contribution in [0.2, 0.25) is 0 Å². The Kier molecular flexibility index (Phi) is 4.84. The minimum atomic E-state index is -0.169. The fourth-order valence-corrected chi connectivity index (χ4v) is 4.05. The molecule has 0 radical (unpaired) electrons. The molecule has 1 aromatic rings. The maximum atomic E-state index is 12.2. The Morgan fingerprint density at radius 1 is 1.39 bits per heavy atom. The summed E-state index contributed by atoms with van der Waals surface area (Å²) in [7, 11) is 0. The van der Waals surface area contributed by atoms with Gasteiger partial charge in [0.15, 0.2) is 5.82 Å². The van der Waals surface area contributed by atoms with Crippen LogP contribution >= 0.6 is 0 Å². The van der Waals surface area contributed by atoms with E-state index in [1.54, 1.807) is 6.92 Å². The number of carbonyl (C=O) groups is 1. The Balaban J connectivity index is 1.53. The molecule has 1 aromatic heterocycles. The van der Waals surface area contributed by atoms with E-state index in [1.165, 1.54) is 19.3 Å². The number of aryl methyl sites for hydroxylation is 1. The van der Waals surface area contributed by atoms with Gasteiger partial charge < -0.3 is 19.9 Å². The molecule has 2 atom stereocenters. The van der Waals surface area contributed by atoms with Crippen molar-refractivity contribution in [3.63, 3.8) is 0 Å². The van der Waals surface area contributed by atoms with Gasteiger partial charge in [0.05, 0.1) is 12.6 Å². The third-order valence-corrected chi connectivity index (χ3v) is 5.22. The number of ether oxygens (including phenoxy) is 1. The zero-order valence-electron chi connectivity index (χ0n) is 13.9. The standard InChI is InChI=1S/C16H26N4O3/c1-3-22-13-9-12(16(13)7-5-4-6-8-16)19-15(21)17-10-14-18-11(2)23-20-14/h12-13H,3-10H2,1-2H3,(H2,17,19,21)/t12-,13-/m1/s1. The Hall–Kier alpha value is -1.63. The number of urea groups is 1. The summed E-state index contributed by atoms with van der Waals surface area (Å²) in [5.41, 5.74) is 0.133. The Bertz CT molecular complexity index is 539. The lowest BCUT2D eigenvalue weighted by atomic mass is 9.55. The molecule has 2 aliphatic rings. The molecule has 3 rings (SSSR count). The van der Waals surface area contributed by atoms with Gasteiger partial charge in [0.2, 0.25) is 5.89 Å². The number of rotatable bonds is 5. The molecule has 0 bridgehead atoms. The van der Waals surface area contributed by atoms with Gasteiger partial charge in [-0.05, 0) is 26.2 Å². The van der Waals surface area contributed by atoms with Gasteiger partial charge in [0.1, 0.15) is 0 Å². The van der Waals surface area contributed by atoms with Crippen LogP contribution in [-0.4, -0.2) is 34.9 Å². The summed E-state index contributed by atoms with van der Waals surface area (Å²) >= 11 is 0. The summed E-state index contributed by atoms with van der Waals surface area (Å²) in [6.45, 7) is 4.78. The number of nitrogens with one attached hydrogen (secondary N) is 2. The predicted octanol–water partition coefficient (Wildman–Crippen LogP) is 2.31. The number of aromatic nitrogens is 2. The lowest BCUT2D eigenvalue weighted by Gasteiger charge is -2.57. The fraction of sp³-hybridized carbons (Fsp3) is 0.812. The van der Waals surface area contributed by atoms with E-state index in [2.05, 4.69) is 20.8 Å². The van der Waals surface area contributed by atoms with Crippen molar-refractivity contribution in [1.29, 1.82) is 0 Å². The van der Waals surface area contributed by atoms with Crippen molar-refractivity contribution in [2.45, 2.75) is 71.1 Å². The van der Waals surface area contributed by atoms with Crippen LogP contribution in [0.1, 0.15) is 57.2 Å². The van der Waals surface area contributed by atoms with E-state index in [1.807, 2.05) is 6.92 Å². The van der Waals surface area contributed by atoms with Crippen LogP contribution < -0.4 is 10.6 Å². The summed E-state index contributed by atoms with van der Waals surface area (Å²) < 4.78 is 10.8. The van der Waals surface area contributed by atoms with E-state index < -0.39 is 0 Å². The smallest absolute Gasteiger partial charge is 0.315 e. The number of hydrogen-bond donors (Lipinski definition) is 2. The van der Waals surface area contributed by atoms with Crippen molar-refractivity contribution in [2.24, 2.45) is 5.41 Å². The van der Waals surface area contributed by atoms with Gasteiger partial charge in [-0.3, -0.25) is 0 Å². The minimum absolute atomic E-state index is 0.133. The molecular formula is C16H26N4O3. The van der Waals surface area contributed by atoms with Crippen molar-refractivity contribution in [3.05, 3.63) is 11.7 Å². The quantitative estimate of drug-likeness (QED) is 0.868. The van der Waals surface area contributed by atoms with Gasteiger partial charge in [-0.1, -0.05) is 24.4 Å². The van der Waals surface area contributed by atoms with E-state index >= 15 is 0 Å². The zero-order valence-corrected chi connectivity index (χ0v) is 13.9. The van der Waals surface area contributed by atoms with Crippen molar-refractivity contribution in [2.75, 3.05) is 6.61 Å². The van der Waals surface area contributed by atoms with Crippen molar-refractivity contribution in [1.82, 2.24) is 20.8 Å². The highest BCUT2D eigenvalue weighted by molar-refractivity contribution is 5.74. The molecule has 2 fully saturated rings. The van der Waals surface area contributed by atoms with Crippen LogP contribution in [0.4, 0.5) is 4.79 Å². The first-order chi connectivity index (χ1) is 11.1. The highest BCUT2D eigenvalue weighted by Gasteiger charge is 2.56. The Morgan fingerprint density at radius 2 is 2.17 bits per heavy atom. The maximum absolute atomic E-state index is 12.2. The largest absolute Gasteiger partial charge is 0.378 e. The van der Waals surface area contributed by atoms with Gasteiger partial charge in [-0.25, -0.2) is 4.79 Å². The summed E-state index contributed by atoms with van der Waals surface area (Å²) in [6.07, 6.45) is 7.23. The van der Waals surface area contributed by atoms with Crippen molar-refractivity contribution in [3.8, 4) is 0 Å². The highest BCUT2D eigenvalue weighted by atomic mass is 16.5. The van der Waals surface area contributed by atoms with Gasteiger partial charge >= 0.3 is 6.03 Å². The average molecular weight is 322 g/mol. The maximum Gasteiger partial charge on any atom is 0.315 e. The zero-order chi connectivity index (χ0) is 16.3. The van der Waals surface area contributed by atoms with E-state index in [-0.39, 0.29) is 30.1 Å². The van der Waals surface area contributed by atoms with Crippen molar-refractivity contribution >= 4 is 6.03 Å². The van der Waals surface area contributed by atoms with Gasteiger partial charge in [-0.2, -0.15) is 4.98 Å². The van der Waals surface area contributed by atoms with E-state index in [4.69, 9.17) is 9.26 Å². The lowest BCUT2D eigenvalue weighted by molar-refractivity contribution is -0.146. The first-order valence-electron chi connectivity index (χ1n) is 8.59. The third-order valence-electron chi connectivity index (χ3n) is 5.22. The average Bonchev–Trinajstić information content (AvgIpc) is 2.98. The van der Waals surface area contributed by atoms with Crippen LogP contribution in [0.15, 0.2) is 4.52 Å². The second-order valence-corrected chi connectivity index (χ2v) is 6.58. The van der Waals surface area contributed by atoms with Crippen LogP contribution in [0.3, 0.4) is 0 Å². The highest BCUT2D eigenvalue weighted by Crippen LogP contribution is 2.53. The van der Waals surface area contributed by atoms with Crippen molar-refractivity contribution < 1.29 is 14.1 Å². The molecule has 2 amide bonds. The summed E-state index contributed by atoms with van der Waals surface area (Å²) in [5, 5.41) is 9.70. The third kappa shape index (κ3) is 3.34. The predicted molar refractivity (Wildman–Crippen MR) is 83.7 cm³/mol. The monoisotopic (exact) mass is 322 g/mol. The molecule has 0 aromatic carbocycles. The summed E-state index contributed by atoms with van der Waals surface area (Å²) in [4.78, 5) is 16.2. The van der Waals surface area contributed by atoms with E-state index in [9.17, 15) is 4.79 Å².